The third-order valence-electron chi connectivity index (χ3n) is 22.1. The Labute approximate surface area is 657 Å². The van der Waals surface area contributed by atoms with Gasteiger partial charge in [-0.05, 0) is 141 Å². The van der Waals surface area contributed by atoms with Gasteiger partial charge in [0.05, 0.1) is 23.3 Å². The Kier molecular flexibility index (Phi) is 21.4. The molecule has 0 atom stereocenters. The second-order valence-corrected chi connectivity index (χ2v) is 29.5. The van der Waals surface area contributed by atoms with Crippen LogP contribution in [0.3, 0.4) is 0 Å². The molecule has 0 bridgehead atoms. The van der Waals surface area contributed by atoms with Crippen LogP contribution in [0.1, 0.15) is 78.8 Å². The molecule has 17 rings (SSSR count). The first-order valence-corrected chi connectivity index (χ1v) is 38.2. The number of fused-ring (bicyclic) bond motifs is 5. The molecular weight excluding hydrogens is 1370 g/mol. The predicted octanol–water partition coefficient (Wildman–Crippen LogP) is 18.0. The monoisotopic (exact) mass is 1470 g/mol. The predicted molar refractivity (Wildman–Crippen MR) is 450 cm³/mol. The standard InChI is InChI=1S/C27H25N3.C24H22N4.2C24H25N3/c1-18-16-17-21-10-5-7-13-25(21)30(18)24-15-9-11-22(19(24)2)27-20(3)28-23-12-6-8-14-26(23)29(27)4;1-16-10-8-9-13-28(16)23-15-19(25-4)14-20(17(23)2)24-18(3)26-21-11-6-7-12-22(21)27(24)5;1-16-14-17(2)24(27-13-9-8-10-18(27)3)19(4)23(16)22-15-25-20-11-6-7-12-21(20)26(22)5;1-16-14-20(18(3)23(15-16)27-13-9-8-10-17(27)2)24-19(4)25-21-11-6-7-12-22(21)26(24)5/h5-17H,1-4H3;6-15H,1-3,5H3;2*6-15H,1-5H3/q4*+2. The maximum absolute atomic E-state index is 7.62. The molecular formula is C99H97N13+8. The Morgan fingerprint density at radius 1 is 0.321 bits per heavy atom. The van der Waals surface area contributed by atoms with Crippen LogP contribution in [0, 0.1) is 104 Å². The van der Waals surface area contributed by atoms with Crippen molar-refractivity contribution >= 4 is 60.7 Å². The van der Waals surface area contributed by atoms with Crippen LogP contribution in [0.4, 0.5) is 5.69 Å². The highest BCUT2D eigenvalue weighted by atomic mass is 15.0. The summed E-state index contributed by atoms with van der Waals surface area (Å²) in [7, 11) is 8.46. The molecule has 0 amide bonds. The third kappa shape index (κ3) is 14.3. The molecule has 13 heteroatoms. The quantitative estimate of drug-likeness (QED) is 0.112. The number of benzene rings is 9. The van der Waals surface area contributed by atoms with Gasteiger partial charge in [-0.2, -0.15) is 36.5 Å². The number of rotatable bonds is 8. The molecule has 0 N–H and O–H groups in total. The van der Waals surface area contributed by atoms with Crippen LogP contribution in [0.25, 0.3) is 128 Å². The molecule has 17 aromatic rings. The summed E-state index contributed by atoms with van der Waals surface area (Å²) >= 11 is 0. The van der Waals surface area contributed by atoms with Gasteiger partial charge >= 0.3 is 0 Å². The topological polar surface area (TPSA) is 87.0 Å². The van der Waals surface area contributed by atoms with E-state index in [1.807, 2.05) is 80.0 Å². The van der Waals surface area contributed by atoms with Crippen LogP contribution in [-0.2, 0) is 28.2 Å². The SMILES string of the molecule is Cc1cc(-c2c(C)nc3ccccc3[n+]2C)c(C)c(-[n+]2ccccc2C)c1.Cc1cc(C)c(-[n+]2ccccc2C)c(C)c1-c1cnc2ccccc2[n+]1C.Cc1nc2ccccc2[n+](C)c1-c1cccc(-[n+]2c(C)ccc3ccccc32)c1C.[C-]#[N+]c1cc(-c2c(C)nc3ccccc3[n+]2C)c(C)c(-[n+]2ccccc2C)c1. The molecule has 13 nitrogen and oxygen atoms in total. The van der Waals surface area contributed by atoms with Crippen LogP contribution in [-0.4, -0.2) is 19.9 Å². The molecule has 9 aromatic carbocycles. The van der Waals surface area contributed by atoms with E-state index in [4.69, 9.17) is 26.5 Å². The average Bonchev–Trinajstić information content (AvgIpc) is 0.769. The van der Waals surface area contributed by atoms with Crippen molar-refractivity contribution in [1.29, 1.82) is 0 Å². The Bertz CT molecular complexity index is 6650. The summed E-state index contributed by atoms with van der Waals surface area (Å²) in [6, 6.07) is 82.1. The van der Waals surface area contributed by atoms with Crippen molar-refractivity contribution in [2.45, 2.75) is 96.9 Å². The van der Waals surface area contributed by atoms with Crippen molar-refractivity contribution in [1.82, 2.24) is 19.9 Å². The van der Waals surface area contributed by atoms with Crippen molar-refractivity contribution in [3.8, 4) is 67.8 Å². The first-order chi connectivity index (χ1) is 54.0. The van der Waals surface area contributed by atoms with E-state index in [0.29, 0.717) is 5.69 Å². The van der Waals surface area contributed by atoms with Crippen molar-refractivity contribution in [2.75, 3.05) is 0 Å². The minimum Gasteiger partial charge on any atom is -0.243 e. The zero-order chi connectivity index (χ0) is 78.9. The summed E-state index contributed by atoms with van der Waals surface area (Å²) in [4.78, 5) is 23.1. The minimum atomic E-state index is 0.624. The van der Waals surface area contributed by atoms with Crippen LogP contribution in [0.5, 0.6) is 0 Å². The lowest BCUT2D eigenvalue weighted by molar-refractivity contribution is -0.634. The molecule has 0 radical (unpaired) electrons. The van der Waals surface area contributed by atoms with Gasteiger partial charge in [0.15, 0.2) is 47.1 Å². The summed E-state index contributed by atoms with van der Waals surface area (Å²) in [5.74, 6) is 0. The molecule has 0 aliphatic carbocycles. The molecule has 8 heterocycles. The summed E-state index contributed by atoms with van der Waals surface area (Å²) < 4.78 is 18.0. The molecule has 0 aliphatic heterocycles. The highest BCUT2D eigenvalue weighted by Crippen LogP contribution is 2.35. The zero-order valence-electron chi connectivity index (χ0n) is 67.6. The maximum Gasteiger partial charge on any atom is 0.234 e. The zero-order valence-corrected chi connectivity index (χ0v) is 67.6. The Morgan fingerprint density at radius 2 is 0.750 bits per heavy atom. The summed E-state index contributed by atoms with van der Waals surface area (Å²) in [5.41, 5.74) is 40.8. The number of hydrogen-bond acceptors (Lipinski definition) is 4. The second kappa shape index (κ2) is 31.7. The van der Waals surface area contributed by atoms with E-state index in [9.17, 15) is 0 Å². The fourth-order valence-electron chi connectivity index (χ4n) is 16.5. The smallest absolute Gasteiger partial charge is 0.234 e. The number of para-hydroxylation sites is 9. The van der Waals surface area contributed by atoms with Crippen LogP contribution in [0.15, 0.2) is 261 Å². The minimum absolute atomic E-state index is 0.624. The molecule has 8 aromatic heterocycles. The van der Waals surface area contributed by atoms with E-state index in [1.54, 1.807) is 0 Å². The molecule has 0 saturated carbocycles. The molecule has 0 saturated heterocycles. The number of nitrogens with zero attached hydrogens (tertiary/aromatic N) is 13. The maximum atomic E-state index is 7.62. The van der Waals surface area contributed by atoms with Gasteiger partial charge in [0.1, 0.15) is 73.5 Å². The number of aryl methyl sites for hydroxylation is 14. The third-order valence-corrected chi connectivity index (χ3v) is 22.1. The largest absolute Gasteiger partial charge is 0.243 e. The van der Waals surface area contributed by atoms with E-state index in [2.05, 4.69) is 348 Å². The Hall–Kier alpha value is -13.3. The molecule has 0 fully saturated rings. The van der Waals surface area contributed by atoms with Gasteiger partial charge in [-0.3, -0.25) is 0 Å². The Morgan fingerprint density at radius 3 is 1.26 bits per heavy atom. The lowest BCUT2D eigenvalue weighted by Crippen LogP contribution is -2.37. The highest BCUT2D eigenvalue weighted by molar-refractivity contribution is 5.81. The molecule has 0 unspecified atom stereocenters. The first-order valence-electron chi connectivity index (χ1n) is 38.2. The lowest BCUT2D eigenvalue weighted by Gasteiger charge is -2.13. The second-order valence-electron chi connectivity index (χ2n) is 29.5. The van der Waals surface area contributed by atoms with Gasteiger partial charge in [0, 0.05) is 157 Å². The van der Waals surface area contributed by atoms with Crippen LogP contribution >= 0.6 is 0 Å². The van der Waals surface area contributed by atoms with Gasteiger partial charge < -0.3 is 0 Å². The van der Waals surface area contributed by atoms with E-state index >= 15 is 0 Å². The van der Waals surface area contributed by atoms with Crippen molar-refractivity contribution < 1.29 is 36.5 Å². The fraction of sp³-hybridized carbons (Fsp3) is 0.182. The molecule has 0 aliphatic rings. The van der Waals surface area contributed by atoms with Crippen molar-refractivity contribution in [3.05, 3.63) is 352 Å². The summed E-state index contributed by atoms with van der Waals surface area (Å²) in [6.07, 6.45) is 8.31. The van der Waals surface area contributed by atoms with Gasteiger partial charge in [0.25, 0.3) is 0 Å². The number of pyridine rings is 4. The Balaban J connectivity index is 0.000000124. The fourth-order valence-corrected chi connectivity index (χ4v) is 16.5. The summed E-state index contributed by atoms with van der Waals surface area (Å²) in [5, 5.41) is 1.24. The summed E-state index contributed by atoms with van der Waals surface area (Å²) in [6.45, 7) is 37.7. The van der Waals surface area contributed by atoms with Crippen LogP contribution < -0.4 is 36.5 Å². The van der Waals surface area contributed by atoms with E-state index in [1.165, 1.54) is 101 Å². The van der Waals surface area contributed by atoms with E-state index in [-0.39, 0.29) is 0 Å². The molecule has 112 heavy (non-hydrogen) atoms. The first kappa shape index (κ1) is 75.5. The van der Waals surface area contributed by atoms with E-state index in [0.717, 1.165) is 101 Å². The molecule has 0 spiro atoms. The average molecular weight is 1470 g/mol. The number of aromatic nitrogens is 12. The van der Waals surface area contributed by atoms with E-state index < -0.39 is 0 Å². The van der Waals surface area contributed by atoms with Crippen molar-refractivity contribution in [3.63, 3.8) is 0 Å². The van der Waals surface area contributed by atoms with Crippen molar-refractivity contribution in [2.24, 2.45) is 28.2 Å². The van der Waals surface area contributed by atoms with Gasteiger partial charge in [-0.15, -0.1) is 0 Å². The van der Waals surface area contributed by atoms with Gasteiger partial charge in [-0.25, -0.2) is 24.8 Å². The normalized spacial score (nSPS) is 11.1. The van der Waals surface area contributed by atoms with Gasteiger partial charge in [0.2, 0.25) is 73.1 Å². The lowest BCUT2D eigenvalue weighted by atomic mass is 9.94. The number of hydrogen-bond donors (Lipinski definition) is 0. The highest BCUT2D eigenvalue weighted by Gasteiger charge is 2.32. The van der Waals surface area contributed by atoms with Gasteiger partial charge in [-0.1, -0.05) is 84.9 Å². The van der Waals surface area contributed by atoms with Crippen LogP contribution in [0.2, 0.25) is 0 Å². The molecule has 550 valence electrons.